The van der Waals surface area contributed by atoms with Crippen molar-refractivity contribution in [1.82, 2.24) is 9.78 Å². The molecule has 0 amide bonds. The summed E-state index contributed by atoms with van der Waals surface area (Å²) >= 11 is 6.14. The fourth-order valence-corrected chi connectivity index (χ4v) is 2.08. The molecule has 1 aromatic heterocycles. The van der Waals surface area contributed by atoms with Gasteiger partial charge in [0, 0.05) is 18.3 Å². The first-order valence-electron chi connectivity index (χ1n) is 5.89. The molecular weight excluding hydrogens is 248 g/mol. The third-order valence-corrected chi connectivity index (χ3v) is 2.93. The number of halogens is 1. The average molecular weight is 263 g/mol. The largest absolute Gasteiger partial charge is 0.298 e. The topological polar surface area (TPSA) is 34.9 Å². The molecule has 0 N–H and O–H groups in total. The van der Waals surface area contributed by atoms with Crippen LogP contribution in [-0.4, -0.2) is 16.1 Å². The monoisotopic (exact) mass is 262 g/mol. The van der Waals surface area contributed by atoms with Crippen molar-refractivity contribution in [2.24, 2.45) is 5.92 Å². The van der Waals surface area contributed by atoms with Crippen molar-refractivity contribution < 1.29 is 4.79 Å². The number of carbonyl (C=O) groups is 1. The van der Waals surface area contributed by atoms with Gasteiger partial charge in [-0.3, -0.25) is 9.48 Å². The van der Waals surface area contributed by atoms with E-state index in [2.05, 4.69) is 18.9 Å². The van der Waals surface area contributed by atoms with Crippen molar-refractivity contribution in [3.05, 3.63) is 41.0 Å². The summed E-state index contributed by atoms with van der Waals surface area (Å²) in [4.78, 5) is 11.1. The van der Waals surface area contributed by atoms with Crippen LogP contribution in [0.2, 0.25) is 5.02 Å². The van der Waals surface area contributed by atoms with E-state index in [1.54, 1.807) is 16.9 Å². The van der Waals surface area contributed by atoms with Gasteiger partial charge in [-0.25, -0.2) is 0 Å². The highest BCUT2D eigenvalue weighted by Gasteiger charge is 2.13. The zero-order chi connectivity index (χ0) is 13.1. The van der Waals surface area contributed by atoms with Crippen LogP contribution in [0.25, 0.3) is 11.3 Å². The molecule has 4 heteroatoms. The second kappa shape index (κ2) is 5.36. The number of benzene rings is 1. The zero-order valence-corrected chi connectivity index (χ0v) is 11.2. The maximum absolute atomic E-state index is 11.1. The molecule has 0 unspecified atom stereocenters. The van der Waals surface area contributed by atoms with Crippen LogP contribution in [-0.2, 0) is 6.54 Å². The molecule has 2 rings (SSSR count). The van der Waals surface area contributed by atoms with Gasteiger partial charge in [0.15, 0.2) is 6.29 Å². The average Bonchev–Trinajstić information content (AvgIpc) is 2.71. The van der Waals surface area contributed by atoms with Crippen molar-refractivity contribution in [3.63, 3.8) is 0 Å². The van der Waals surface area contributed by atoms with Crippen molar-refractivity contribution in [2.45, 2.75) is 20.4 Å². The molecule has 18 heavy (non-hydrogen) atoms. The SMILES string of the molecule is CC(C)Cn1cc(C=O)c(-c2ccccc2Cl)n1. The van der Waals surface area contributed by atoms with Crippen LogP contribution >= 0.6 is 11.6 Å². The molecular formula is C14H15ClN2O. The van der Waals surface area contributed by atoms with Crippen LogP contribution in [0.15, 0.2) is 30.5 Å². The van der Waals surface area contributed by atoms with E-state index in [-0.39, 0.29) is 0 Å². The van der Waals surface area contributed by atoms with Gasteiger partial charge in [0.2, 0.25) is 0 Å². The predicted octanol–water partition coefficient (Wildman–Crippen LogP) is 3.67. The van der Waals surface area contributed by atoms with E-state index in [1.807, 2.05) is 18.2 Å². The molecule has 0 bridgehead atoms. The van der Waals surface area contributed by atoms with Crippen LogP contribution < -0.4 is 0 Å². The summed E-state index contributed by atoms with van der Waals surface area (Å²) in [5, 5.41) is 5.06. The molecule has 0 saturated carbocycles. The Bertz CT molecular complexity index is 561. The molecule has 0 spiro atoms. The lowest BCUT2D eigenvalue weighted by atomic mass is 10.1. The molecule has 2 aromatic rings. The predicted molar refractivity (Wildman–Crippen MR) is 72.9 cm³/mol. The summed E-state index contributed by atoms with van der Waals surface area (Å²) in [7, 11) is 0. The maximum Gasteiger partial charge on any atom is 0.153 e. The summed E-state index contributed by atoms with van der Waals surface area (Å²) in [5.41, 5.74) is 2.02. The van der Waals surface area contributed by atoms with Gasteiger partial charge in [0.1, 0.15) is 5.69 Å². The first-order valence-corrected chi connectivity index (χ1v) is 6.27. The third-order valence-electron chi connectivity index (χ3n) is 2.60. The second-order valence-electron chi connectivity index (χ2n) is 4.65. The van der Waals surface area contributed by atoms with Gasteiger partial charge >= 0.3 is 0 Å². The highest BCUT2D eigenvalue weighted by molar-refractivity contribution is 6.33. The molecule has 0 atom stereocenters. The molecule has 3 nitrogen and oxygen atoms in total. The fraction of sp³-hybridized carbons (Fsp3) is 0.286. The van der Waals surface area contributed by atoms with Gasteiger partial charge in [-0.05, 0) is 12.0 Å². The minimum Gasteiger partial charge on any atom is -0.298 e. The number of carbonyl (C=O) groups excluding carboxylic acids is 1. The summed E-state index contributed by atoms with van der Waals surface area (Å²) in [6, 6.07) is 7.42. The summed E-state index contributed by atoms with van der Waals surface area (Å²) in [6.07, 6.45) is 2.59. The first-order chi connectivity index (χ1) is 8.61. The number of hydrogen-bond donors (Lipinski definition) is 0. The molecule has 0 aliphatic carbocycles. The standard InChI is InChI=1S/C14H15ClN2O/c1-10(2)7-17-8-11(9-18)14(16-17)12-5-3-4-6-13(12)15/h3-6,8-10H,7H2,1-2H3. The first kappa shape index (κ1) is 12.8. The highest BCUT2D eigenvalue weighted by Crippen LogP contribution is 2.28. The van der Waals surface area contributed by atoms with E-state index in [0.29, 0.717) is 22.2 Å². The van der Waals surface area contributed by atoms with Gasteiger partial charge in [-0.1, -0.05) is 43.6 Å². The van der Waals surface area contributed by atoms with Gasteiger partial charge in [-0.15, -0.1) is 0 Å². The molecule has 1 aromatic carbocycles. The van der Waals surface area contributed by atoms with Crippen LogP contribution in [0.3, 0.4) is 0 Å². The van der Waals surface area contributed by atoms with Crippen molar-refractivity contribution in [3.8, 4) is 11.3 Å². The van der Waals surface area contributed by atoms with Crippen LogP contribution in [0.1, 0.15) is 24.2 Å². The molecule has 94 valence electrons. The smallest absolute Gasteiger partial charge is 0.153 e. The van der Waals surface area contributed by atoms with Crippen molar-refractivity contribution in [1.29, 1.82) is 0 Å². The summed E-state index contributed by atoms with van der Waals surface area (Å²) in [6.45, 7) is 5.00. The Balaban J connectivity index is 2.47. The molecule has 0 fully saturated rings. The van der Waals surface area contributed by atoms with E-state index in [4.69, 9.17) is 11.6 Å². The van der Waals surface area contributed by atoms with Gasteiger partial charge in [-0.2, -0.15) is 5.10 Å². The van der Waals surface area contributed by atoms with E-state index in [0.717, 1.165) is 18.4 Å². The number of nitrogens with zero attached hydrogens (tertiary/aromatic N) is 2. The van der Waals surface area contributed by atoms with Crippen LogP contribution in [0, 0.1) is 5.92 Å². The lowest BCUT2D eigenvalue weighted by Crippen LogP contribution is -2.04. The Hall–Kier alpha value is -1.61. The molecule has 0 radical (unpaired) electrons. The summed E-state index contributed by atoms with van der Waals surface area (Å²) < 4.78 is 1.80. The quantitative estimate of drug-likeness (QED) is 0.788. The molecule has 0 saturated heterocycles. The highest BCUT2D eigenvalue weighted by atomic mass is 35.5. The van der Waals surface area contributed by atoms with Crippen LogP contribution in [0.4, 0.5) is 0 Å². The number of hydrogen-bond acceptors (Lipinski definition) is 2. The van der Waals surface area contributed by atoms with Gasteiger partial charge in [0.25, 0.3) is 0 Å². The number of rotatable bonds is 4. The Morgan fingerprint density at radius 2 is 2.11 bits per heavy atom. The normalized spacial score (nSPS) is 10.9. The molecule has 1 heterocycles. The Morgan fingerprint density at radius 1 is 1.39 bits per heavy atom. The maximum atomic E-state index is 11.1. The Morgan fingerprint density at radius 3 is 2.72 bits per heavy atom. The van der Waals surface area contributed by atoms with Crippen LogP contribution in [0.5, 0.6) is 0 Å². The van der Waals surface area contributed by atoms with Gasteiger partial charge < -0.3 is 0 Å². The lowest BCUT2D eigenvalue weighted by Gasteiger charge is -2.04. The van der Waals surface area contributed by atoms with E-state index >= 15 is 0 Å². The number of aldehydes is 1. The second-order valence-corrected chi connectivity index (χ2v) is 5.05. The van der Waals surface area contributed by atoms with Crippen molar-refractivity contribution >= 4 is 17.9 Å². The molecule has 0 aliphatic heterocycles. The zero-order valence-electron chi connectivity index (χ0n) is 10.4. The minimum absolute atomic E-state index is 0.475. The van der Waals surface area contributed by atoms with E-state index < -0.39 is 0 Å². The minimum atomic E-state index is 0.475. The van der Waals surface area contributed by atoms with E-state index in [1.165, 1.54) is 0 Å². The summed E-state index contributed by atoms with van der Waals surface area (Å²) in [5.74, 6) is 0.475. The van der Waals surface area contributed by atoms with Crippen molar-refractivity contribution in [2.75, 3.05) is 0 Å². The molecule has 0 aliphatic rings. The third kappa shape index (κ3) is 2.62. The Kier molecular flexibility index (Phi) is 3.82. The Labute approximate surface area is 111 Å². The number of aromatic nitrogens is 2. The van der Waals surface area contributed by atoms with Gasteiger partial charge in [0.05, 0.1) is 10.6 Å². The van der Waals surface area contributed by atoms with E-state index in [9.17, 15) is 4.79 Å². The fourth-order valence-electron chi connectivity index (χ4n) is 1.85. The lowest BCUT2D eigenvalue weighted by molar-refractivity contribution is 0.112.